The molecule has 0 spiro atoms. The van der Waals surface area contributed by atoms with Crippen molar-refractivity contribution in [3.8, 4) is 11.5 Å². The predicted molar refractivity (Wildman–Crippen MR) is 98.5 cm³/mol. The van der Waals surface area contributed by atoms with E-state index >= 15 is 0 Å². The van der Waals surface area contributed by atoms with Gasteiger partial charge in [0.05, 0.1) is 20.3 Å². The number of amides is 1. The van der Waals surface area contributed by atoms with Crippen molar-refractivity contribution in [2.75, 3.05) is 20.8 Å². The first kappa shape index (κ1) is 17.3. The number of hydrogen-bond acceptors (Lipinski definition) is 3. The molecule has 1 atom stereocenters. The third-order valence-electron chi connectivity index (χ3n) is 4.93. The van der Waals surface area contributed by atoms with Crippen LogP contribution in [0.3, 0.4) is 0 Å². The highest BCUT2D eigenvalue weighted by Crippen LogP contribution is 2.39. The number of carbonyl (C=O) groups excluding carboxylic acids is 1. The van der Waals surface area contributed by atoms with Gasteiger partial charge in [0, 0.05) is 23.7 Å². The minimum absolute atomic E-state index is 0.0362. The molecular formula is C21H25NO3. The molecule has 1 heterocycles. The minimum atomic E-state index is 0.0362. The smallest absolute Gasteiger partial charge is 0.254 e. The lowest BCUT2D eigenvalue weighted by Gasteiger charge is -2.27. The zero-order valence-corrected chi connectivity index (χ0v) is 15.3. The van der Waals surface area contributed by atoms with Gasteiger partial charge in [0.15, 0.2) is 0 Å². The van der Waals surface area contributed by atoms with Gasteiger partial charge in [-0.1, -0.05) is 17.7 Å². The number of ether oxygens (including phenoxy) is 2. The highest BCUT2D eigenvalue weighted by Gasteiger charge is 2.33. The lowest BCUT2D eigenvalue weighted by Crippen LogP contribution is -2.31. The summed E-state index contributed by atoms with van der Waals surface area (Å²) in [5.41, 5.74) is 4.02. The van der Waals surface area contributed by atoms with E-state index in [1.807, 2.05) is 49.1 Å². The molecule has 1 amide bonds. The molecule has 2 aromatic carbocycles. The second-order valence-corrected chi connectivity index (χ2v) is 6.58. The number of hydrogen-bond donors (Lipinski definition) is 0. The number of carbonyl (C=O) groups is 1. The van der Waals surface area contributed by atoms with E-state index in [-0.39, 0.29) is 11.9 Å². The van der Waals surface area contributed by atoms with Gasteiger partial charge in [-0.25, -0.2) is 0 Å². The maximum Gasteiger partial charge on any atom is 0.254 e. The minimum Gasteiger partial charge on any atom is -0.497 e. The van der Waals surface area contributed by atoms with Crippen molar-refractivity contribution >= 4 is 5.91 Å². The molecule has 25 heavy (non-hydrogen) atoms. The van der Waals surface area contributed by atoms with Crippen molar-refractivity contribution in [3.63, 3.8) is 0 Å². The molecule has 1 aliphatic rings. The van der Waals surface area contributed by atoms with Crippen LogP contribution in [0.2, 0.25) is 0 Å². The van der Waals surface area contributed by atoms with Gasteiger partial charge in [-0.15, -0.1) is 0 Å². The number of benzene rings is 2. The fraction of sp³-hybridized carbons (Fsp3) is 0.381. The van der Waals surface area contributed by atoms with Crippen molar-refractivity contribution < 1.29 is 14.3 Å². The van der Waals surface area contributed by atoms with Crippen LogP contribution in [0.25, 0.3) is 0 Å². The Kier molecular flexibility index (Phi) is 4.98. The van der Waals surface area contributed by atoms with E-state index < -0.39 is 0 Å². The maximum atomic E-state index is 13.1. The lowest BCUT2D eigenvalue weighted by atomic mass is 10.0. The Labute approximate surface area is 149 Å². The summed E-state index contributed by atoms with van der Waals surface area (Å²) in [6, 6.07) is 11.9. The zero-order chi connectivity index (χ0) is 18.0. The van der Waals surface area contributed by atoms with Crippen molar-refractivity contribution in [1.82, 2.24) is 4.90 Å². The molecule has 132 valence electrons. The van der Waals surface area contributed by atoms with Crippen molar-refractivity contribution in [1.29, 1.82) is 0 Å². The number of likely N-dealkylation sites (tertiary alicyclic amines) is 1. The van der Waals surface area contributed by atoms with E-state index in [1.165, 1.54) is 5.56 Å². The number of aryl methyl sites for hydroxylation is 2. The summed E-state index contributed by atoms with van der Waals surface area (Å²) >= 11 is 0. The molecule has 2 aromatic rings. The second kappa shape index (κ2) is 7.18. The molecule has 0 unspecified atom stereocenters. The average molecular weight is 339 g/mol. The summed E-state index contributed by atoms with van der Waals surface area (Å²) in [7, 11) is 3.30. The van der Waals surface area contributed by atoms with E-state index in [0.29, 0.717) is 0 Å². The van der Waals surface area contributed by atoms with E-state index in [1.54, 1.807) is 14.2 Å². The number of nitrogens with zero attached hydrogens (tertiary/aromatic N) is 1. The monoisotopic (exact) mass is 339 g/mol. The highest BCUT2D eigenvalue weighted by atomic mass is 16.5. The second-order valence-electron chi connectivity index (χ2n) is 6.58. The molecule has 1 saturated heterocycles. The van der Waals surface area contributed by atoms with Crippen molar-refractivity contribution in [3.05, 3.63) is 58.7 Å². The van der Waals surface area contributed by atoms with Gasteiger partial charge in [0.25, 0.3) is 5.91 Å². The number of methoxy groups -OCH3 is 2. The third kappa shape index (κ3) is 3.34. The molecule has 3 rings (SSSR count). The quantitative estimate of drug-likeness (QED) is 0.834. The molecule has 0 aromatic heterocycles. The summed E-state index contributed by atoms with van der Waals surface area (Å²) in [4.78, 5) is 15.1. The van der Waals surface area contributed by atoms with Crippen LogP contribution in [0.5, 0.6) is 11.5 Å². The van der Waals surface area contributed by atoms with Crippen LogP contribution in [0.4, 0.5) is 0 Å². The summed E-state index contributed by atoms with van der Waals surface area (Å²) in [5, 5.41) is 0. The fourth-order valence-electron chi connectivity index (χ4n) is 3.64. The Balaban J connectivity index is 1.94. The molecular weight excluding hydrogens is 314 g/mol. The highest BCUT2D eigenvalue weighted by molar-refractivity contribution is 5.96. The van der Waals surface area contributed by atoms with Crippen molar-refractivity contribution in [2.45, 2.75) is 32.7 Å². The van der Waals surface area contributed by atoms with Crippen LogP contribution < -0.4 is 9.47 Å². The average Bonchev–Trinajstić information content (AvgIpc) is 3.10. The van der Waals surface area contributed by atoms with Crippen LogP contribution in [-0.2, 0) is 0 Å². The van der Waals surface area contributed by atoms with E-state index in [4.69, 9.17) is 9.47 Å². The van der Waals surface area contributed by atoms with Crippen LogP contribution in [0.1, 0.15) is 45.9 Å². The van der Waals surface area contributed by atoms with Crippen LogP contribution in [0.15, 0.2) is 36.4 Å². The molecule has 1 fully saturated rings. The predicted octanol–water partition coefficient (Wildman–Crippen LogP) is 4.30. The summed E-state index contributed by atoms with van der Waals surface area (Å²) in [5.74, 6) is 1.62. The van der Waals surface area contributed by atoms with E-state index in [0.717, 1.165) is 47.6 Å². The Morgan fingerprint density at radius 3 is 2.56 bits per heavy atom. The number of rotatable bonds is 4. The van der Waals surface area contributed by atoms with Crippen LogP contribution in [0, 0.1) is 13.8 Å². The summed E-state index contributed by atoms with van der Waals surface area (Å²) in [6.07, 6.45) is 1.94. The van der Waals surface area contributed by atoms with Gasteiger partial charge in [-0.2, -0.15) is 0 Å². The van der Waals surface area contributed by atoms with Gasteiger partial charge in [-0.3, -0.25) is 4.79 Å². The molecule has 0 bridgehead atoms. The molecule has 0 saturated carbocycles. The maximum absolute atomic E-state index is 13.1. The topological polar surface area (TPSA) is 38.8 Å². The first-order chi connectivity index (χ1) is 12.0. The third-order valence-corrected chi connectivity index (χ3v) is 4.93. The Morgan fingerprint density at radius 2 is 1.88 bits per heavy atom. The molecule has 4 nitrogen and oxygen atoms in total. The fourth-order valence-corrected chi connectivity index (χ4v) is 3.64. The molecule has 0 aliphatic carbocycles. The normalized spacial score (nSPS) is 16.8. The largest absolute Gasteiger partial charge is 0.497 e. The first-order valence-electron chi connectivity index (χ1n) is 8.65. The lowest BCUT2D eigenvalue weighted by molar-refractivity contribution is 0.0733. The van der Waals surface area contributed by atoms with Gasteiger partial charge >= 0.3 is 0 Å². The molecule has 4 heteroatoms. The van der Waals surface area contributed by atoms with E-state index in [9.17, 15) is 4.79 Å². The summed E-state index contributed by atoms with van der Waals surface area (Å²) < 4.78 is 10.8. The van der Waals surface area contributed by atoms with Gasteiger partial charge in [-0.05, 0) is 50.5 Å². The van der Waals surface area contributed by atoms with Gasteiger partial charge in [0.1, 0.15) is 11.5 Å². The van der Waals surface area contributed by atoms with Gasteiger partial charge in [0.2, 0.25) is 0 Å². The van der Waals surface area contributed by atoms with Crippen molar-refractivity contribution in [2.24, 2.45) is 0 Å². The van der Waals surface area contributed by atoms with Crippen LogP contribution in [-0.4, -0.2) is 31.6 Å². The Bertz CT molecular complexity index is 785. The Morgan fingerprint density at radius 1 is 1.08 bits per heavy atom. The van der Waals surface area contributed by atoms with Crippen LogP contribution >= 0.6 is 0 Å². The van der Waals surface area contributed by atoms with Gasteiger partial charge < -0.3 is 14.4 Å². The van der Waals surface area contributed by atoms with E-state index in [2.05, 4.69) is 6.07 Å². The molecule has 1 aliphatic heterocycles. The molecule has 0 N–H and O–H groups in total. The molecule has 0 radical (unpaired) electrons. The Hall–Kier alpha value is -2.49. The summed E-state index contributed by atoms with van der Waals surface area (Å²) in [6.45, 7) is 4.81. The SMILES string of the molecule is COc1ccc([C@H]2CCCN2C(=O)c2ccc(C)cc2C)c(OC)c1. The standard InChI is InChI=1S/C21H25NO3/c1-14-7-9-17(15(2)12-14)21(23)22-11-5-6-19(22)18-10-8-16(24-3)13-20(18)25-4/h7-10,12-13,19H,5-6,11H2,1-4H3/t19-/m1/s1. The first-order valence-corrected chi connectivity index (χ1v) is 8.65. The zero-order valence-electron chi connectivity index (χ0n) is 15.3.